The van der Waals surface area contributed by atoms with E-state index in [-0.39, 0.29) is 24.7 Å². The second-order valence-corrected chi connectivity index (χ2v) is 7.94. The molecule has 2 heterocycles. The molecule has 1 N–H and O–H groups in total. The van der Waals surface area contributed by atoms with Gasteiger partial charge in [0.2, 0.25) is 0 Å². The number of amides is 1. The van der Waals surface area contributed by atoms with E-state index in [1.807, 2.05) is 30.3 Å². The maximum atomic E-state index is 13.8. The molecular weight excluding hydrogens is 416 g/mol. The SMILES string of the molecule is O=C(NC1COc2c(F)cc(F)cc2C1)c1ccc2c(c1)CC(c1ccccc1)OC2=O. The summed E-state index contributed by atoms with van der Waals surface area (Å²) in [4.78, 5) is 25.3. The number of ether oxygens (including phenoxy) is 2. The van der Waals surface area contributed by atoms with Crippen molar-refractivity contribution in [2.24, 2.45) is 0 Å². The Morgan fingerprint density at radius 1 is 0.969 bits per heavy atom. The number of benzene rings is 3. The van der Waals surface area contributed by atoms with Crippen molar-refractivity contribution in [3.8, 4) is 5.75 Å². The molecule has 0 radical (unpaired) electrons. The van der Waals surface area contributed by atoms with Gasteiger partial charge in [-0.1, -0.05) is 30.3 Å². The van der Waals surface area contributed by atoms with E-state index < -0.39 is 29.7 Å². The predicted octanol–water partition coefficient (Wildman–Crippen LogP) is 4.15. The highest BCUT2D eigenvalue weighted by Crippen LogP contribution is 2.32. The number of hydrogen-bond acceptors (Lipinski definition) is 4. The van der Waals surface area contributed by atoms with Crippen molar-refractivity contribution >= 4 is 11.9 Å². The molecule has 0 fully saturated rings. The molecule has 32 heavy (non-hydrogen) atoms. The Hall–Kier alpha value is -3.74. The molecule has 2 aliphatic rings. The smallest absolute Gasteiger partial charge is 0.339 e. The molecule has 0 spiro atoms. The van der Waals surface area contributed by atoms with E-state index in [0.717, 1.165) is 17.2 Å². The molecule has 0 bridgehead atoms. The highest BCUT2D eigenvalue weighted by Gasteiger charge is 2.29. The molecule has 5 nitrogen and oxygen atoms in total. The molecule has 3 aromatic rings. The van der Waals surface area contributed by atoms with Gasteiger partial charge in [0, 0.05) is 23.6 Å². The van der Waals surface area contributed by atoms with Crippen molar-refractivity contribution in [3.63, 3.8) is 0 Å². The summed E-state index contributed by atoms with van der Waals surface area (Å²) in [6.07, 6.45) is 0.302. The van der Waals surface area contributed by atoms with Crippen molar-refractivity contribution in [1.29, 1.82) is 0 Å². The van der Waals surface area contributed by atoms with Crippen molar-refractivity contribution in [1.82, 2.24) is 5.32 Å². The van der Waals surface area contributed by atoms with Crippen molar-refractivity contribution < 1.29 is 27.8 Å². The minimum absolute atomic E-state index is 0.0242. The summed E-state index contributed by atoms with van der Waals surface area (Å²) in [5, 5.41) is 2.85. The first-order valence-electron chi connectivity index (χ1n) is 10.3. The number of halogens is 2. The van der Waals surface area contributed by atoms with Gasteiger partial charge in [-0.25, -0.2) is 13.6 Å². The van der Waals surface area contributed by atoms with E-state index in [4.69, 9.17) is 9.47 Å². The molecule has 0 saturated carbocycles. The normalized spacial score (nSPS) is 19.2. The van der Waals surface area contributed by atoms with Gasteiger partial charge in [-0.2, -0.15) is 0 Å². The number of carbonyl (C=O) groups excluding carboxylic acids is 2. The lowest BCUT2D eigenvalue weighted by molar-refractivity contribution is 0.0252. The Kier molecular flexibility index (Phi) is 5.09. The molecule has 2 aliphatic heterocycles. The Balaban J connectivity index is 1.33. The first-order valence-corrected chi connectivity index (χ1v) is 10.3. The molecule has 1 amide bonds. The fourth-order valence-corrected chi connectivity index (χ4v) is 4.19. The van der Waals surface area contributed by atoms with Crippen LogP contribution < -0.4 is 10.1 Å². The molecule has 0 aromatic heterocycles. The quantitative estimate of drug-likeness (QED) is 0.628. The highest BCUT2D eigenvalue weighted by atomic mass is 19.1. The molecule has 162 valence electrons. The van der Waals surface area contributed by atoms with Crippen LogP contribution in [0.1, 0.15) is 43.5 Å². The number of esters is 1. The maximum Gasteiger partial charge on any atom is 0.339 e. The molecule has 7 heteroatoms. The summed E-state index contributed by atoms with van der Waals surface area (Å²) in [6, 6.07) is 15.8. The van der Waals surface area contributed by atoms with Crippen LogP contribution in [0.25, 0.3) is 0 Å². The number of hydrogen-bond donors (Lipinski definition) is 1. The van der Waals surface area contributed by atoms with Crippen LogP contribution >= 0.6 is 0 Å². The van der Waals surface area contributed by atoms with E-state index in [1.165, 1.54) is 6.07 Å². The van der Waals surface area contributed by atoms with Crippen LogP contribution in [0.2, 0.25) is 0 Å². The average Bonchev–Trinajstić information content (AvgIpc) is 2.79. The van der Waals surface area contributed by atoms with E-state index in [2.05, 4.69) is 5.32 Å². The van der Waals surface area contributed by atoms with Gasteiger partial charge in [0.1, 0.15) is 18.5 Å². The summed E-state index contributed by atoms with van der Waals surface area (Å²) in [5.74, 6) is -2.19. The summed E-state index contributed by atoms with van der Waals surface area (Å²) in [5.41, 5.74) is 2.82. The first-order chi connectivity index (χ1) is 15.5. The van der Waals surface area contributed by atoms with Crippen molar-refractivity contribution in [3.05, 3.63) is 100 Å². The Morgan fingerprint density at radius 3 is 2.59 bits per heavy atom. The number of rotatable bonds is 3. The third-order valence-corrected chi connectivity index (χ3v) is 5.73. The topological polar surface area (TPSA) is 64.6 Å². The molecular formula is C25H19F2NO4. The summed E-state index contributed by atoms with van der Waals surface area (Å²) >= 11 is 0. The Labute approximate surface area is 183 Å². The lowest BCUT2D eigenvalue weighted by atomic mass is 9.93. The molecule has 0 saturated heterocycles. The van der Waals surface area contributed by atoms with Crippen LogP contribution in [0, 0.1) is 11.6 Å². The van der Waals surface area contributed by atoms with Crippen LogP contribution in [0.5, 0.6) is 5.75 Å². The summed E-state index contributed by atoms with van der Waals surface area (Å²) in [7, 11) is 0. The number of fused-ring (bicyclic) bond motifs is 2. The highest BCUT2D eigenvalue weighted by molar-refractivity contribution is 5.98. The van der Waals surface area contributed by atoms with E-state index in [1.54, 1.807) is 18.2 Å². The van der Waals surface area contributed by atoms with Crippen LogP contribution in [-0.2, 0) is 17.6 Å². The van der Waals surface area contributed by atoms with Crippen LogP contribution in [0.15, 0.2) is 60.7 Å². The molecule has 5 rings (SSSR count). The van der Waals surface area contributed by atoms with Gasteiger partial charge in [-0.15, -0.1) is 0 Å². The van der Waals surface area contributed by atoms with Crippen LogP contribution in [-0.4, -0.2) is 24.5 Å². The zero-order valence-electron chi connectivity index (χ0n) is 16.9. The number of cyclic esters (lactones) is 1. The predicted molar refractivity (Wildman–Crippen MR) is 112 cm³/mol. The van der Waals surface area contributed by atoms with Crippen LogP contribution in [0.4, 0.5) is 8.78 Å². The summed E-state index contributed by atoms with van der Waals surface area (Å²) in [6.45, 7) is 0.0780. The zero-order chi connectivity index (χ0) is 22.2. The van der Waals surface area contributed by atoms with Gasteiger partial charge >= 0.3 is 5.97 Å². The molecule has 2 unspecified atom stereocenters. The van der Waals surface area contributed by atoms with Gasteiger partial charge in [-0.05, 0) is 41.8 Å². The van der Waals surface area contributed by atoms with Gasteiger partial charge in [0.15, 0.2) is 11.6 Å². The number of carbonyl (C=O) groups is 2. The minimum atomic E-state index is -0.751. The zero-order valence-corrected chi connectivity index (χ0v) is 16.9. The first kappa shape index (κ1) is 20.2. The standard InChI is InChI=1S/C25H19F2NO4/c26-18-9-17-10-19(13-31-23(17)21(27)12-18)28-24(29)15-6-7-20-16(8-15)11-22(32-25(20)30)14-4-2-1-3-5-14/h1-9,12,19,22H,10-11,13H2,(H,28,29). The Bertz CT molecular complexity index is 1210. The van der Waals surface area contributed by atoms with Crippen molar-refractivity contribution in [2.75, 3.05) is 6.61 Å². The molecule has 0 aliphatic carbocycles. The monoisotopic (exact) mass is 435 g/mol. The molecule has 2 atom stereocenters. The lowest BCUT2D eigenvalue weighted by Gasteiger charge is -2.27. The van der Waals surface area contributed by atoms with Gasteiger partial charge in [-0.3, -0.25) is 4.79 Å². The van der Waals surface area contributed by atoms with Gasteiger partial charge in [0.05, 0.1) is 11.6 Å². The minimum Gasteiger partial charge on any atom is -0.488 e. The van der Waals surface area contributed by atoms with Crippen LogP contribution in [0.3, 0.4) is 0 Å². The van der Waals surface area contributed by atoms with E-state index in [9.17, 15) is 18.4 Å². The fourth-order valence-electron chi connectivity index (χ4n) is 4.19. The van der Waals surface area contributed by atoms with E-state index >= 15 is 0 Å². The van der Waals surface area contributed by atoms with Crippen molar-refractivity contribution in [2.45, 2.75) is 25.0 Å². The molecule has 3 aromatic carbocycles. The average molecular weight is 435 g/mol. The maximum absolute atomic E-state index is 13.8. The Morgan fingerprint density at radius 2 is 1.78 bits per heavy atom. The largest absolute Gasteiger partial charge is 0.488 e. The number of nitrogens with one attached hydrogen (secondary N) is 1. The second-order valence-electron chi connectivity index (χ2n) is 7.94. The lowest BCUT2D eigenvalue weighted by Crippen LogP contribution is -2.43. The summed E-state index contributed by atoms with van der Waals surface area (Å²) < 4.78 is 38.3. The second kappa shape index (κ2) is 8.07. The third kappa shape index (κ3) is 3.82. The fraction of sp³-hybridized carbons (Fsp3) is 0.200. The van der Waals surface area contributed by atoms with E-state index in [0.29, 0.717) is 23.1 Å². The third-order valence-electron chi connectivity index (χ3n) is 5.73. The van der Waals surface area contributed by atoms with Gasteiger partial charge in [0.25, 0.3) is 5.91 Å². The van der Waals surface area contributed by atoms with Gasteiger partial charge < -0.3 is 14.8 Å².